The molecule has 0 aliphatic heterocycles. The first-order chi connectivity index (χ1) is 3.85. The molecule has 3 heteroatoms. The fourth-order valence-electron chi connectivity index (χ4n) is 0.335. The minimum atomic E-state index is 0.611. The summed E-state index contributed by atoms with van der Waals surface area (Å²) in [6.07, 6.45) is 0.759. The molecule has 0 radical (unpaired) electrons. The number of hydrogen-bond donors (Lipinski definition) is 0. The molecule has 0 aromatic heterocycles. The van der Waals surface area contributed by atoms with Gasteiger partial charge in [-0.1, -0.05) is 6.92 Å². The minimum absolute atomic E-state index is 0.611. The standard InChI is InChI=1S/C5H10N2O/c1-4-5(8-3)7-6-2/h2,4H2,1,3H3/b7-5+. The van der Waals surface area contributed by atoms with Crippen LogP contribution in [-0.2, 0) is 4.74 Å². The Morgan fingerprint density at radius 2 is 2.38 bits per heavy atom. The van der Waals surface area contributed by atoms with Gasteiger partial charge in [-0.05, 0) is 0 Å². The van der Waals surface area contributed by atoms with Crippen LogP contribution in [0, 0.1) is 0 Å². The van der Waals surface area contributed by atoms with Gasteiger partial charge in [-0.15, -0.1) is 5.10 Å². The van der Waals surface area contributed by atoms with Crippen molar-refractivity contribution in [3.8, 4) is 0 Å². The highest BCUT2D eigenvalue weighted by Crippen LogP contribution is 1.85. The summed E-state index contributed by atoms with van der Waals surface area (Å²) in [4.78, 5) is 0. The molecule has 0 amide bonds. The van der Waals surface area contributed by atoms with Gasteiger partial charge in [0, 0.05) is 13.1 Å². The molecule has 0 N–H and O–H groups in total. The zero-order chi connectivity index (χ0) is 6.41. The smallest absolute Gasteiger partial charge is 0.207 e. The molecule has 0 spiro atoms. The highest BCUT2D eigenvalue weighted by molar-refractivity contribution is 5.75. The molecular formula is C5H10N2O. The molecule has 0 atom stereocenters. The van der Waals surface area contributed by atoms with E-state index in [4.69, 9.17) is 4.74 Å². The van der Waals surface area contributed by atoms with Gasteiger partial charge in [-0.25, -0.2) is 0 Å². The van der Waals surface area contributed by atoms with Crippen LogP contribution >= 0.6 is 0 Å². The second-order valence-corrected chi connectivity index (χ2v) is 1.19. The third-order valence-corrected chi connectivity index (χ3v) is 0.720. The molecule has 0 heterocycles. The largest absolute Gasteiger partial charge is 0.483 e. The van der Waals surface area contributed by atoms with Crippen LogP contribution in [0.25, 0.3) is 0 Å². The average molecular weight is 114 g/mol. The first-order valence-electron chi connectivity index (χ1n) is 2.41. The van der Waals surface area contributed by atoms with Crippen molar-refractivity contribution in [2.75, 3.05) is 7.11 Å². The highest BCUT2D eigenvalue weighted by atomic mass is 16.5. The Bertz CT molecular complexity index is 92.6. The first kappa shape index (κ1) is 7.14. The SMILES string of the molecule is C=N/N=C(\CC)OC. The lowest BCUT2D eigenvalue weighted by atomic mass is 10.5. The van der Waals surface area contributed by atoms with Crippen molar-refractivity contribution in [1.82, 2.24) is 0 Å². The second kappa shape index (κ2) is 4.30. The average Bonchev–Trinajstić information content (AvgIpc) is 1.83. The van der Waals surface area contributed by atoms with E-state index in [1.54, 1.807) is 7.11 Å². The summed E-state index contributed by atoms with van der Waals surface area (Å²) >= 11 is 0. The molecule has 8 heavy (non-hydrogen) atoms. The Balaban J connectivity index is 3.66. The van der Waals surface area contributed by atoms with Crippen LogP contribution in [0.2, 0.25) is 0 Å². The Kier molecular flexibility index (Phi) is 3.84. The van der Waals surface area contributed by atoms with E-state index >= 15 is 0 Å². The van der Waals surface area contributed by atoms with Crippen molar-refractivity contribution < 1.29 is 4.74 Å². The summed E-state index contributed by atoms with van der Waals surface area (Å²) in [6.45, 7) is 5.12. The second-order valence-electron chi connectivity index (χ2n) is 1.19. The molecule has 0 saturated heterocycles. The normalized spacial score (nSPS) is 11.0. The van der Waals surface area contributed by atoms with Gasteiger partial charge in [-0.3, -0.25) is 0 Å². The molecular weight excluding hydrogens is 104 g/mol. The van der Waals surface area contributed by atoms with E-state index < -0.39 is 0 Å². The molecule has 0 rings (SSSR count). The fourth-order valence-corrected chi connectivity index (χ4v) is 0.335. The van der Waals surface area contributed by atoms with Gasteiger partial charge in [0.2, 0.25) is 5.90 Å². The van der Waals surface area contributed by atoms with Crippen LogP contribution in [0.15, 0.2) is 10.2 Å². The van der Waals surface area contributed by atoms with Crippen molar-refractivity contribution in [2.24, 2.45) is 10.2 Å². The molecule has 0 fully saturated rings. The van der Waals surface area contributed by atoms with E-state index in [9.17, 15) is 0 Å². The van der Waals surface area contributed by atoms with Gasteiger partial charge in [0.15, 0.2) is 0 Å². The van der Waals surface area contributed by atoms with Crippen LogP contribution in [0.5, 0.6) is 0 Å². The number of nitrogens with zero attached hydrogens (tertiary/aromatic N) is 2. The fraction of sp³-hybridized carbons (Fsp3) is 0.600. The summed E-state index contributed by atoms with van der Waals surface area (Å²) in [5.41, 5.74) is 0. The zero-order valence-electron chi connectivity index (χ0n) is 5.22. The summed E-state index contributed by atoms with van der Waals surface area (Å²) in [6, 6.07) is 0. The Morgan fingerprint density at radius 3 is 2.50 bits per heavy atom. The molecule has 3 nitrogen and oxygen atoms in total. The Hall–Kier alpha value is -0.860. The van der Waals surface area contributed by atoms with Gasteiger partial charge in [0.1, 0.15) is 0 Å². The van der Waals surface area contributed by atoms with Crippen LogP contribution < -0.4 is 0 Å². The predicted molar refractivity (Wildman–Crippen MR) is 34.3 cm³/mol. The van der Waals surface area contributed by atoms with Crippen molar-refractivity contribution >= 4 is 12.6 Å². The number of methoxy groups -OCH3 is 1. The van der Waals surface area contributed by atoms with E-state index in [0.717, 1.165) is 6.42 Å². The van der Waals surface area contributed by atoms with Crippen LogP contribution in [0.3, 0.4) is 0 Å². The van der Waals surface area contributed by atoms with Crippen LogP contribution in [0.4, 0.5) is 0 Å². The summed E-state index contributed by atoms with van der Waals surface area (Å²) < 4.78 is 4.76. The van der Waals surface area contributed by atoms with E-state index in [1.165, 1.54) is 0 Å². The van der Waals surface area contributed by atoms with E-state index in [1.807, 2.05) is 6.92 Å². The monoisotopic (exact) mass is 114 g/mol. The van der Waals surface area contributed by atoms with Gasteiger partial charge in [0.05, 0.1) is 7.11 Å². The molecule has 0 aromatic carbocycles. The van der Waals surface area contributed by atoms with Crippen molar-refractivity contribution in [1.29, 1.82) is 0 Å². The minimum Gasteiger partial charge on any atom is -0.483 e. The van der Waals surface area contributed by atoms with Crippen molar-refractivity contribution in [2.45, 2.75) is 13.3 Å². The lowest BCUT2D eigenvalue weighted by molar-refractivity contribution is 0.390. The number of rotatable bonds is 2. The van der Waals surface area contributed by atoms with Gasteiger partial charge in [-0.2, -0.15) is 5.10 Å². The third-order valence-electron chi connectivity index (χ3n) is 0.720. The van der Waals surface area contributed by atoms with Gasteiger partial charge < -0.3 is 4.74 Å². The number of ether oxygens (including phenoxy) is 1. The maximum Gasteiger partial charge on any atom is 0.207 e. The predicted octanol–water partition coefficient (Wildman–Crippen LogP) is 1.06. The maximum atomic E-state index is 4.76. The topological polar surface area (TPSA) is 34.0 Å². The molecule has 0 aliphatic carbocycles. The lowest BCUT2D eigenvalue weighted by Gasteiger charge is -1.94. The molecule has 0 aliphatic rings. The van der Waals surface area contributed by atoms with Crippen LogP contribution in [0.1, 0.15) is 13.3 Å². The Morgan fingerprint density at radius 1 is 1.75 bits per heavy atom. The quantitative estimate of drug-likeness (QED) is 0.300. The van der Waals surface area contributed by atoms with Gasteiger partial charge in [0.25, 0.3) is 0 Å². The highest BCUT2D eigenvalue weighted by Gasteiger charge is 1.87. The lowest BCUT2D eigenvalue weighted by Crippen LogP contribution is -1.96. The maximum absolute atomic E-state index is 4.76. The molecule has 0 bridgehead atoms. The van der Waals surface area contributed by atoms with E-state index in [2.05, 4.69) is 16.9 Å². The number of hydrogen-bond acceptors (Lipinski definition) is 3. The Labute approximate surface area is 49.1 Å². The molecule has 0 aromatic rings. The van der Waals surface area contributed by atoms with Crippen LogP contribution in [-0.4, -0.2) is 19.7 Å². The summed E-state index contributed by atoms with van der Waals surface area (Å²) in [7, 11) is 1.56. The van der Waals surface area contributed by atoms with Crippen molar-refractivity contribution in [3.05, 3.63) is 0 Å². The molecule has 0 unspecified atom stereocenters. The van der Waals surface area contributed by atoms with Gasteiger partial charge >= 0.3 is 0 Å². The third kappa shape index (κ3) is 2.34. The van der Waals surface area contributed by atoms with E-state index in [-0.39, 0.29) is 0 Å². The van der Waals surface area contributed by atoms with E-state index in [0.29, 0.717) is 5.90 Å². The zero-order valence-corrected chi connectivity index (χ0v) is 5.22. The molecule has 0 saturated carbocycles. The first-order valence-corrected chi connectivity index (χ1v) is 2.41. The van der Waals surface area contributed by atoms with Crippen molar-refractivity contribution in [3.63, 3.8) is 0 Å². The molecule has 46 valence electrons. The summed E-state index contributed by atoms with van der Waals surface area (Å²) in [5, 5.41) is 6.86. The summed E-state index contributed by atoms with van der Waals surface area (Å²) in [5.74, 6) is 0.611.